The van der Waals surface area contributed by atoms with Gasteiger partial charge in [0.25, 0.3) is 5.91 Å². The first-order chi connectivity index (χ1) is 9.06. The number of rotatable bonds is 7. The minimum atomic E-state index is -1.00. The maximum Gasteiger partial charge on any atom is 0.336 e. The number of ether oxygens (including phenoxy) is 1. The van der Waals surface area contributed by atoms with Crippen molar-refractivity contribution in [2.75, 3.05) is 13.2 Å². The van der Waals surface area contributed by atoms with Crippen LogP contribution in [0.2, 0.25) is 0 Å². The predicted octanol–water partition coefficient (Wildman–Crippen LogP) is 1.99. The molecule has 1 rings (SSSR count). The van der Waals surface area contributed by atoms with Gasteiger partial charge in [0.2, 0.25) is 0 Å². The Labute approximate surface area is 112 Å². The lowest BCUT2D eigenvalue weighted by Gasteiger charge is -2.10. The molecule has 5 heteroatoms. The first kappa shape index (κ1) is 15.0. The van der Waals surface area contributed by atoms with Gasteiger partial charge >= 0.3 is 5.97 Å². The van der Waals surface area contributed by atoms with Gasteiger partial charge < -0.3 is 15.2 Å². The molecule has 2 N–H and O–H groups in total. The van der Waals surface area contributed by atoms with Crippen molar-refractivity contribution < 1.29 is 19.4 Å². The lowest BCUT2D eigenvalue weighted by molar-refractivity contribution is -0.123. The average Bonchev–Trinajstić information content (AvgIpc) is 2.37. The van der Waals surface area contributed by atoms with Crippen LogP contribution in [0, 0.1) is 6.92 Å². The summed E-state index contributed by atoms with van der Waals surface area (Å²) in [6.07, 6.45) is 1.94. The molecule has 0 aromatic heterocycles. The van der Waals surface area contributed by atoms with E-state index in [0.717, 1.165) is 12.8 Å². The van der Waals surface area contributed by atoms with E-state index in [0.29, 0.717) is 17.9 Å². The zero-order valence-corrected chi connectivity index (χ0v) is 11.2. The summed E-state index contributed by atoms with van der Waals surface area (Å²) in [6.45, 7) is 4.23. The third-order valence-corrected chi connectivity index (χ3v) is 2.73. The number of carbonyl (C=O) groups excluding carboxylic acids is 1. The summed E-state index contributed by atoms with van der Waals surface area (Å²) in [4.78, 5) is 22.4. The second kappa shape index (κ2) is 7.41. The van der Waals surface area contributed by atoms with Crippen molar-refractivity contribution in [3.63, 3.8) is 0 Å². The van der Waals surface area contributed by atoms with E-state index in [9.17, 15) is 9.59 Å². The van der Waals surface area contributed by atoms with Crippen LogP contribution in [0.25, 0.3) is 0 Å². The summed E-state index contributed by atoms with van der Waals surface area (Å²) in [5.74, 6) is -0.783. The van der Waals surface area contributed by atoms with Gasteiger partial charge in [0.1, 0.15) is 5.75 Å². The van der Waals surface area contributed by atoms with E-state index in [1.807, 2.05) is 6.92 Å². The molecule has 0 atom stereocenters. The molecular weight excluding hydrogens is 246 g/mol. The molecule has 0 heterocycles. The molecule has 0 unspecified atom stereocenters. The van der Waals surface area contributed by atoms with Crippen LogP contribution >= 0.6 is 0 Å². The number of carboxylic acid groups (broad SMARTS) is 1. The Balaban J connectivity index is 2.56. The Morgan fingerprint density at radius 3 is 2.74 bits per heavy atom. The van der Waals surface area contributed by atoms with Crippen molar-refractivity contribution in [3.8, 4) is 5.75 Å². The molecule has 0 saturated carbocycles. The number of hydrogen-bond acceptors (Lipinski definition) is 3. The number of amides is 1. The predicted molar refractivity (Wildman–Crippen MR) is 71.6 cm³/mol. The Bertz CT molecular complexity index is 457. The first-order valence-corrected chi connectivity index (χ1v) is 6.28. The van der Waals surface area contributed by atoms with E-state index in [-0.39, 0.29) is 18.1 Å². The van der Waals surface area contributed by atoms with Gasteiger partial charge in [-0.25, -0.2) is 4.79 Å². The fourth-order valence-corrected chi connectivity index (χ4v) is 1.60. The highest BCUT2D eigenvalue weighted by molar-refractivity contribution is 5.90. The van der Waals surface area contributed by atoms with Gasteiger partial charge in [-0.15, -0.1) is 0 Å². The van der Waals surface area contributed by atoms with Crippen LogP contribution in [0.5, 0.6) is 5.75 Å². The Hall–Kier alpha value is -2.04. The van der Waals surface area contributed by atoms with E-state index in [1.54, 1.807) is 19.1 Å². The summed E-state index contributed by atoms with van der Waals surface area (Å²) in [5, 5.41) is 11.7. The van der Waals surface area contributed by atoms with E-state index in [1.165, 1.54) is 6.07 Å². The summed E-state index contributed by atoms with van der Waals surface area (Å²) >= 11 is 0. The molecule has 0 aliphatic heterocycles. The molecule has 0 aliphatic rings. The average molecular weight is 265 g/mol. The molecule has 0 saturated heterocycles. The van der Waals surface area contributed by atoms with Crippen molar-refractivity contribution in [1.82, 2.24) is 5.32 Å². The van der Waals surface area contributed by atoms with Crippen LogP contribution in [0.3, 0.4) is 0 Å². The molecule has 1 amide bonds. The van der Waals surface area contributed by atoms with Crippen molar-refractivity contribution in [3.05, 3.63) is 29.3 Å². The van der Waals surface area contributed by atoms with Gasteiger partial charge in [-0.05, 0) is 25.5 Å². The summed E-state index contributed by atoms with van der Waals surface area (Å²) in [7, 11) is 0. The molecule has 5 nitrogen and oxygen atoms in total. The van der Waals surface area contributed by atoms with Crippen molar-refractivity contribution in [1.29, 1.82) is 0 Å². The van der Waals surface area contributed by atoms with Gasteiger partial charge in [-0.3, -0.25) is 4.79 Å². The van der Waals surface area contributed by atoms with E-state index in [4.69, 9.17) is 9.84 Å². The molecule has 0 aliphatic carbocycles. The normalized spacial score (nSPS) is 10.0. The lowest BCUT2D eigenvalue weighted by Crippen LogP contribution is -2.29. The third-order valence-electron chi connectivity index (χ3n) is 2.73. The fraction of sp³-hybridized carbons (Fsp3) is 0.429. The van der Waals surface area contributed by atoms with E-state index >= 15 is 0 Å². The molecule has 0 radical (unpaired) electrons. The van der Waals surface area contributed by atoms with Crippen molar-refractivity contribution >= 4 is 11.9 Å². The van der Waals surface area contributed by atoms with Crippen LogP contribution < -0.4 is 10.1 Å². The maximum atomic E-state index is 11.5. The van der Waals surface area contributed by atoms with Gasteiger partial charge in [0.05, 0.1) is 5.56 Å². The third kappa shape index (κ3) is 4.62. The highest BCUT2D eigenvalue weighted by Crippen LogP contribution is 2.21. The van der Waals surface area contributed by atoms with E-state index in [2.05, 4.69) is 5.32 Å². The quantitative estimate of drug-likeness (QED) is 0.739. The van der Waals surface area contributed by atoms with Gasteiger partial charge in [0.15, 0.2) is 6.61 Å². The number of nitrogens with one attached hydrogen (secondary N) is 1. The Morgan fingerprint density at radius 2 is 2.11 bits per heavy atom. The van der Waals surface area contributed by atoms with Crippen LogP contribution in [-0.2, 0) is 4.79 Å². The molecular formula is C14H19NO4. The highest BCUT2D eigenvalue weighted by atomic mass is 16.5. The molecule has 1 aromatic rings. The summed E-state index contributed by atoms with van der Waals surface area (Å²) in [5.41, 5.74) is 0.709. The van der Waals surface area contributed by atoms with Crippen molar-refractivity contribution in [2.24, 2.45) is 0 Å². The van der Waals surface area contributed by atoms with Crippen LogP contribution in [-0.4, -0.2) is 30.1 Å². The molecule has 0 bridgehead atoms. The smallest absolute Gasteiger partial charge is 0.336 e. The largest absolute Gasteiger partial charge is 0.483 e. The van der Waals surface area contributed by atoms with Gasteiger partial charge in [0, 0.05) is 12.1 Å². The van der Waals surface area contributed by atoms with Gasteiger partial charge in [-0.1, -0.05) is 19.4 Å². The number of carbonyl (C=O) groups is 2. The summed E-state index contributed by atoms with van der Waals surface area (Å²) in [6, 6.07) is 4.76. The van der Waals surface area contributed by atoms with E-state index < -0.39 is 5.97 Å². The van der Waals surface area contributed by atoms with Crippen LogP contribution in [0.4, 0.5) is 0 Å². The van der Waals surface area contributed by atoms with Crippen LogP contribution in [0.1, 0.15) is 35.7 Å². The first-order valence-electron chi connectivity index (χ1n) is 6.28. The fourth-order valence-electron chi connectivity index (χ4n) is 1.60. The molecule has 104 valence electrons. The minimum absolute atomic E-state index is 0.104. The Kier molecular flexibility index (Phi) is 5.85. The minimum Gasteiger partial charge on any atom is -0.483 e. The number of carboxylic acids is 1. The van der Waals surface area contributed by atoms with Gasteiger partial charge in [-0.2, -0.15) is 0 Å². The second-order valence-corrected chi connectivity index (χ2v) is 4.23. The SMILES string of the molecule is CCCCNC(=O)COc1cccc(C(=O)O)c1C. The zero-order valence-electron chi connectivity index (χ0n) is 11.2. The van der Waals surface area contributed by atoms with Crippen LogP contribution in [0.15, 0.2) is 18.2 Å². The number of aromatic carboxylic acids is 1. The summed E-state index contributed by atoms with van der Waals surface area (Å²) < 4.78 is 5.34. The zero-order chi connectivity index (χ0) is 14.3. The standard InChI is InChI=1S/C14H19NO4/c1-3-4-8-15-13(16)9-19-12-7-5-6-11(10(12)2)14(17)18/h5-7H,3-4,8-9H2,1-2H3,(H,15,16)(H,17,18). The number of unbranched alkanes of at least 4 members (excludes halogenated alkanes) is 1. The molecule has 0 fully saturated rings. The number of hydrogen-bond donors (Lipinski definition) is 2. The molecule has 19 heavy (non-hydrogen) atoms. The monoisotopic (exact) mass is 265 g/mol. The molecule has 0 spiro atoms. The lowest BCUT2D eigenvalue weighted by atomic mass is 10.1. The number of benzene rings is 1. The highest BCUT2D eigenvalue weighted by Gasteiger charge is 2.11. The molecule has 1 aromatic carbocycles. The topological polar surface area (TPSA) is 75.6 Å². The Morgan fingerprint density at radius 1 is 1.37 bits per heavy atom. The second-order valence-electron chi connectivity index (χ2n) is 4.23. The van der Waals surface area contributed by atoms with Crippen molar-refractivity contribution in [2.45, 2.75) is 26.7 Å². The maximum absolute atomic E-state index is 11.5.